The highest BCUT2D eigenvalue weighted by atomic mass is 16.1. The average Bonchev–Trinajstić information content (AvgIpc) is 2.98. The zero-order chi connectivity index (χ0) is 11.8. The van der Waals surface area contributed by atoms with Crippen LogP contribution in [0.4, 0.5) is 0 Å². The van der Waals surface area contributed by atoms with Crippen LogP contribution in [0, 0.1) is 12.8 Å². The number of rotatable bonds is 2. The molecule has 88 valence electrons. The minimum Gasteiger partial charge on any atom is -0.360 e. The lowest BCUT2D eigenvalue weighted by Crippen LogP contribution is -2.10. The van der Waals surface area contributed by atoms with Crippen LogP contribution in [0.3, 0.4) is 0 Å². The Kier molecular flexibility index (Phi) is 2.50. The molecular weight excluding hydrogens is 210 g/mol. The van der Waals surface area contributed by atoms with Crippen LogP contribution in [0.5, 0.6) is 0 Å². The van der Waals surface area contributed by atoms with E-state index in [1.54, 1.807) is 0 Å². The molecule has 1 aromatic carbocycles. The summed E-state index contributed by atoms with van der Waals surface area (Å²) in [5.74, 6) is 0.594. The van der Waals surface area contributed by atoms with Gasteiger partial charge in [0.25, 0.3) is 0 Å². The Balaban J connectivity index is 2.08. The fraction of sp³-hybridized carbons (Fsp3) is 0.400. The van der Waals surface area contributed by atoms with E-state index in [9.17, 15) is 4.79 Å². The van der Waals surface area contributed by atoms with Crippen LogP contribution < -0.4 is 0 Å². The number of hydrogen-bond acceptors (Lipinski definition) is 1. The number of Topliss-reactive ketones (excluding diaryl/α,β-unsaturated/α-hetero) is 1. The smallest absolute Gasteiger partial charge is 0.168 e. The quantitative estimate of drug-likeness (QED) is 0.777. The summed E-state index contributed by atoms with van der Waals surface area (Å²) in [7, 11) is 0. The van der Waals surface area contributed by atoms with Crippen LogP contribution >= 0.6 is 0 Å². The molecule has 0 atom stereocenters. The number of nitrogens with one attached hydrogen (secondary N) is 1. The number of aromatic amines is 1. The van der Waals surface area contributed by atoms with Crippen molar-refractivity contribution in [2.75, 3.05) is 0 Å². The maximum atomic E-state index is 12.5. The number of carbonyl (C=O) groups excluding carboxylic acids is 1. The first kappa shape index (κ1) is 10.6. The number of aromatic nitrogens is 1. The highest BCUT2D eigenvalue weighted by molar-refractivity contribution is 6.09. The third-order valence-electron chi connectivity index (χ3n) is 3.91. The second kappa shape index (κ2) is 4.02. The van der Waals surface area contributed by atoms with Crippen LogP contribution in [0.25, 0.3) is 10.9 Å². The molecule has 0 aliphatic heterocycles. The number of aryl methyl sites for hydroxylation is 1. The third kappa shape index (κ3) is 1.68. The fourth-order valence-corrected chi connectivity index (χ4v) is 2.97. The van der Waals surface area contributed by atoms with Gasteiger partial charge in [-0.1, -0.05) is 25.0 Å². The molecule has 2 aromatic rings. The van der Waals surface area contributed by atoms with Gasteiger partial charge in [0, 0.05) is 28.6 Å². The summed E-state index contributed by atoms with van der Waals surface area (Å²) < 4.78 is 0. The van der Waals surface area contributed by atoms with Crippen molar-refractivity contribution in [2.45, 2.75) is 32.6 Å². The van der Waals surface area contributed by atoms with Gasteiger partial charge in [-0.3, -0.25) is 4.79 Å². The molecule has 2 nitrogen and oxygen atoms in total. The summed E-state index contributed by atoms with van der Waals surface area (Å²) in [5.41, 5.74) is 3.15. The van der Waals surface area contributed by atoms with E-state index < -0.39 is 0 Å². The molecule has 0 amide bonds. The molecule has 1 aromatic heterocycles. The van der Waals surface area contributed by atoms with E-state index >= 15 is 0 Å². The topological polar surface area (TPSA) is 32.9 Å². The summed E-state index contributed by atoms with van der Waals surface area (Å²) in [6.45, 7) is 2.07. The van der Waals surface area contributed by atoms with Gasteiger partial charge in [-0.2, -0.15) is 0 Å². The van der Waals surface area contributed by atoms with Crippen molar-refractivity contribution < 1.29 is 4.79 Å². The molecule has 0 bridgehead atoms. The molecule has 0 spiro atoms. The Hall–Kier alpha value is -1.57. The fourth-order valence-electron chi connectivity index (χ4n) is 2.97. The average molecular weight is 227 g/mol. The summed E-state index contributed by atoms with van der Waals surface area (Å²) in [6, 6.07) is 6.13. The summed E-state index contributed by atoms with van der Waals surface area (Å²) in [6.07, 6.45) is 6.43. The van der Waals surface area contributed by atoms with Crippen LogP contribution in [0.1, 0.15) is 41.6 Å². The van der Waals surface area contributed by atoms with Crippen LogP contribution in [-0.2, 0) is 0 Å². The molecule has 2 heteroatoms. The Morgan fingerprint density at radius 2 is 2.06 bits per heavy atom. The summed E-state index contributed by atoms with van der Waals surface area (Å²) in [4.78, 5) is 15.7. The predicted octanol–water partition coefficient (Wildman–Crippen LogP) is 3.85. The lowest BCUT2D eigenvalue weighted by Gasteiger charge is -2.07. The molecule has 0 unspecified atom stereocenters. The monoisotopic (exact) mass is 227 g/mol. The van der Waals surface area contributed by atoms with Crippen molar-refractivity contribution >= 4 is 16.7 Å². The Morgan fingerprint density at radius 1 is 1.29 bits per heavy atom. The van der Waals surface area contributed by atoms with Crippen LogP contribution in [0.15, 0.2) is 24.4 Å². The van der Waals surface area contributed by atoms with Crippen LogP contribution in [0.2, 0.25) is 0 Å². The maximum Gasteiger partial charge on any atom is 0.168 e. The number of benzene rings is 1. The van der Waals surface area contributed by atoms with E-state index in [0.717, 1.165) is 29.3 Å². The van der Waals surface area contributed by atoms with Gasteiger partial charge < -0.3 is 4.98 Å². The van der Waals surface area contributed by atoms with E-state index in [4.69, 9.17) is 0 Å². The molecule has 3 rings (SSSR count). The van der Waals surface area contributed by atoms with E-state index in [-0.39, 0.29) is 5.92 Å². The summed E-state index contributed by atoms with van der Waals surface area (Å²) in [5, 5.41) is 1.12. The van der Waals surface area contributed by atoms with Crippen molar-refractivity contribution in [1.29, 1.82) is 0 Å². The van der Waals surface area contributed by atoms with Gasteiger partial charge in [0.15, 0.2) is 5.78 Å². The number of H-pyrrole nitrogens is 1. The van der Waals surface area contributed by atoms with Crippen LogP contribution in [-0.4, -0.2) is 10.8 Å². The van der Waals surface area contributed by atoms with Gasteiger partial charge in [-0.25, -0.2) is 0 Å². The van der Waals surface area contributed by atoms with Crippen molar-refractivity contribution in [3.8, 4) is 0 Å². The molecule has 1 heterocycles. The van der Waals surface area contributed by atoms with E-state index in [0.29, 0.717) is 5.78 Å². The second-order valence-corrected chi connectivity index (χ2v) is 5.05. The zero-order valence-electron chi connectivity index (χ0n) is 10.1. The van der Waals surface area contributed by atoms with Gasteiger partial charge in [-0.05, 0) is 31.4 Å². The first-order valence-electron chi connectivity index (χ1n) is 6.38. The number of hydrogen-bond donors (Lipinski definition) is 1. The number of fused-ring (bicyclic) bond motifs is 1. The number of carbonyl (C=O) groups is 1. The normalized spacial score (nSPS) is 16.8. The Labute approximate surface area is 101 Å². The van der Waals surface area contributed by atoms with Gasteiger partial charge in [0.1, 0.15) is 0 Å². The highest BCUT2D eigenvalue weighted by Crippen LogP contribution is 2.31. The van der Waals surface area contributed by atoms with E-state index in [2.05, 4.69) is 18.0 Å². The molecule has 1 saturated carbocycles. The largest absolute Gasteiger partial charge is 0.360 e. The first-order chi connectivity index (χ1) is 8.27. The standard InChI is InChI=1S/C15H17NO/c1-10-5-4-8-13-14(10)12(9-16-13)15(17)11-6-2-3-7-11/h4-5,8-9,11,16H,2-3,6-7H2,1H3. The van der Waals surface area contributed by atoms with Gasteiger partial charge in [0.2, 0.25) is 0 Å². The third-order valence-corrected chi connectivity index (χ3v) is 3.91. The van der Waals surface area contributed by atoms with Gasteiger partial charge in [-0.15, -0.1) is 0 Å². The Bertz CT molecular complexity index is 561. The molecule has 0 saturated heterocycles. The van der Waals surface area contributed by atoms with Gasteiger partial charge >= 0.3 is 0 Å². The van der Waals surface area contributed by atoms with Gasteiger partial charge in [0.05, 0.1) is 0 Å². The predicted molar refractivity (Wildman–Crippen MR) is 69.3 cm³/mol. The van der Waals surface area contributed by atoms with E-state index in [1.165, 1.54) is 18.4 Å². The SMILES string of the molecule is Cc1cccc2[nH]cc(C(=O)C3CCCC3)c12. The second-order valence-electron chi connectivity index (χ2n) is 5.05. The molecule has 1 fully saturated rings. The molecule has 1 aliphatic rings. The molecule has 1 N–H and O–H groups in total. The molecule has 0 radical (unpaired) electrons. The summed E-state index contributed by atoms with van der Waals surface area (Å²) >= 11 is 0. The van der Waals surface area contributed by atoms with Crippen molar-refractivity contribution in [3.05, 3.63) is 35.5 Å². The van der Waals surface area contributed by atoms with Crippen molar-refractivity contribution in [1.82, 2.24) is 4.98 Å². The molecular formula is C15H17NO. The lowest BCUT2D eigenvalue weighted by atomic mass is 9.94. The minimum absolute atomic E-state index is 0.258. The Morgan fingerprint density at radius 3 is 2.82 bits per heavy atom. The number of ketones is 1. The molecule has 1 aliphatic carbocycles. The zero-order valence-corrected chi connectivity index (χ0v) is 10.1. The lowest BCUT2D eigenvalue weighted by molar-refractivity contribution is 0.0924. The van der Waals surface area contributed by atoms with E-state index in [1.807, 2.05) is 18.3 Å². The molecule has 17 heavy (non-hydrogen) atoms. The maximum absolute atomic E-state index is 12.5. The highest BCUT2D eigenvalue weighted by Gasteiger charge is 2.25. The van der Waals surface area contributed by atoms with Crippen molar-refractivity contribution in [2.24, 2.45) is 5.92 Å². The van der Waals surface area contributed by atoms with Crippen molar-refractivity contribution in [3.63, 3.8) is 0 Å². The first-order valence-corrected chi connectivity index (χ1v) is 6.38. The minimum atomic E-state index is 0.258.